The van der Waals surface area contributed by atoms with Gasteiger partial charge in [-0.25, -0.2) is 4.79 Å². The van der Waals surface area contributed by atoms with Crippen LogP contribution in [0.5, 0.6) is 5.75 Å². The van der Waals surface area contributed by atoms with Gasteiger partial charge in [0.05, 0.1) is 12.6 Å². The maximum absolute atomic E-state index is 10.9. The van der Waals surface area contributed by atoms with Crippen LogP contribution < -0.4 is 10.5 Å². The maximum atomic E-state index is 10.9. The van der Waals surface area contributed by atoms with Crippen LogP contribution >= 0.6 is 0 Å². The average Bonchev–Trinajstić information content (AvgIpc) is 2.61. The zero-order chi connectivity index (χ0) is 11.4. The number of benzene rings is 1. The number of hydrogen-bond donors (Lipinski definition) is 1. The van der Waals surface area contributed by atoms with Crippen LogP contribution in [0.15, 0.2) is 21.3 Å². The van der Waals surface area contributed by atoms with E-state index < -0.39 is 5.76 Å². The second kappa shape index (κ2) is 4.68. The van der Waals surface area contributed by atoms with E-state index in [2.05, 4.69) is 4.98 Å². The molecule has 0 saturated heterocycles. The van der Waals surface area contributed by atoms with E-state index in [0.29, 0.717) is 16.8 Å². The third-order valence-electron chi connectivity index (χ3n) is 1.94. The van der Waals surface area contributed by atoms with Gasteiger partial charge in [0.1, 0.15) is 0 Å². The minimum atomic E-state index is -0.459. The standard InChI is InChI=1S/C9H9NO3.C2H6.H2/c1-5-3-4-6-8(7(5)12-2)13-9(11)10-6;1-2;/h3-4H,1-2H3,(H,10,11);1-2H3;1H. The van der Waals surface area contributed by atoms with Crippen LogP contribution in [0.4, 0.5) is 0 Å². The molecule has 1 N–H and O–H groups in total. The molecule has 4 heteroatoms. The number of aromatic nitrogens is 1. The fraction of sp³-hybridized carbons (Fsp3) is 0.364. The summed E-state index contributed by atoms with van der Waals surface area (Å²) in [5.41, 5.74) is 2.08. The lowest BCUT2D eigenvalue weighted by Crippen LogP contribution is -1.92. The van der Waals surface area contributed by atoms with Crippen LogP contribution in [-0.2, 0) is 0 Å². The molecule has 0 aliphatic heterocycles. The molecule has 0 aliphatic rings. The number of nitrogens with one attached hydrogen (secondary N) is 1. The Bertz CT molecular complexity index is 501. The molecule has 84 valence electrons. The second-order valence-corrected chi connectivity index (χ2v) is 2.81. The van der Waals surface area contributed by atoms with E-state index in [-0.39, 0.29) is 1.43 Å². The summed E-state index contributed by atoms with van der Waals surface area (Å²) in [6, 6.07) is 3.66. The zero-order valence-electron chi connectivity index (χ0n) is 9.38. The van der Waals surface area contributed by atoms with Gasteiger partial charge in [0.25, 0.3) is 0 Å². The summed E-state index contributed by atoms with van der Waals surface area (Å²) in [7, 11) is 1.55. The van der Waals surface area contributed by atoms with Crippen LogP contribution in [-0.4, -0.2) is 12.1 Å². The minimum Gasteiger partial charge on any atom is -0.492 e. The third kappa shape index (κ3) is 2.03. The van der Waals surface area contributed by atoms with Crippen LogP contribution in [0.2, 0.25) is 0 Å². The molecule has 0 unspecified atom stereocenters. The van der Waals surface area contributed by atoms with Crippen molar-refractivity contribution in [2.24, 2.45) is 0 Å². The first-order chi connectivity index (χ1) is 7.22. The number of hydrogen-bond acceptors (Lipinski definition) is 3. The van der Waals surface area contributed by atoms with Gasteiger partial charge in [-0.15, -0.1) is 0 Å². The fourth-order valence-corrected chi connectivity index (χ4v) is 1.34. The summed E-state index contributed by atoms with van der Waals surface area (Å²) in [4.78, 5) is 13.4. The molecule has 1 aromatic carbocycles. The number of oxazole rings is 1. The van der Waals surface area contributed by atoms with Crippen molar-refractivity contribution in [3.63, 3.8) is 0 Å². The highest BCUT2D eigenvalue weighted by Gasteiger charge is 2.09. The molecule has 0 aliphatic carbocycles. The second-order valence-electron chi connectivity index (χ2n) is 2.81. The number of fused-ring (bicyclic) bond motifs is 1. The number of aryl methyl sites for hydroxylation is 1. The van der Waals surface area contributed by atoms with E-state index in [0.717, 1.165) is 5.56 Å². The lowest BCUT2D eigenvalue weighted by molar-refractivity contribution is 0.405. The first-order valence-corrected chi connectivity index (χ1v) is 4.89. The Morgan fingerprint density at radius 1 is 1.40 bits per heavy atom. The molecule has 2 aromatic rings. The molecule has 2 rings (SSSR count). The Morgan fingerprint density at radius 2 is 2.07 bits per heavy atom. The molecule has 0 bridgehead atoms. The zero-order valence-corrected chi connectivity index (χ0v) is 9.38. The summed E-state index contributed by atoms with van der Waals surface area (Å²) in [6.45, 7) is 5.89. The molecule has 15 heavy (non-hydrogen) atoms. The van der Waals surface area contributed by atoms with Crippen molar-refractivity contribution in [2.75, 3.05) is 7.11 Å². The van der Waals surface area contributed by atoms with Crippen molar-refractivity contribution in [3.05, 3.63) is 28.2 Å². The number of methoxy groups -OCH3 is 1. The molecule has 0 atom stereocenters. The fourth-order valence-electron chi connectivity index (χ4n) is 1.34. The molecule has 0 amide bonds. The van der Waals surface area contributed by atoms with E-state index in [4.69, 9.17) is 9.15 Å². The largest absolute Gasteiger partial charge is 0.492 e. The molecule has 1 heterocycles. The van der Waals surface area contributed by atoms with E-state index >= 15 is 0 Å². The van der Waals surface area contributed by atoms with Crippen LogP contribution in [0.3, 0.4) is 0 Å². The lowest BCUT2D eigenvalue weighted by Gasteiger charge is -2.02. The molecule has 0 spiro atoms. The monoisotopic (exact) mass is 211 g/mol. The van der Waals surface area contributed by atoms with Crippen molar-refractivity contribution >= 4 is 11.1 Å². The summed E-state index contributed by atoms with van der Waals surface area (Å²) in [6.07, 6.45) is 0. The molecule has 0 saturated carbocycles. The predicted octanol–water partition coefficient (Wildman–Crippen LogP) is 2.71. The summed E-state index contributed by atoms with van der Waals surface area (Å²) < 4.78 is 10.1. The van der Waals surface area contributed by atoms with Gasteiger partial charge >= 0.3 is 5.76 Å². The summed E-state index contributed by atoms with van der Waals surface area (Å²) >= 11 is 0. The minimum absolute atomic E-state index is 0. The smallest absolute Gasteiger partial charge is 0.417 e. The highest BCUT2D eigenvalue weighted by molar-refractivity contribution is 5.80. The Labute approximate surface area is 89.4 Å². The molecule has 4 nitrogen and oxygen atoms in total. The van der Waals surface area contributed by atoms with E-state index in [1.54, 1.807) is 13.2 Å². The van der Waals surface area contributed by atoms with Gasteiger partial charge in [0.15, 0.2) is 11.3 Å². The van der Waals surface area contributed by atoms with Gasteiger partial charge < -0.3 is 9.15 Å². The van der Waals surface area contributed by atoms with E-state index in [1.807, 2.05) is 26.8 Å². The average molecular weight is 211 g/mol. The SMILES string of the molecule is CC.COc1c(C)ccc2[nH]c(=O)oc12.[HH]. The first-order valence-electron chi connectivity index (χ1n) is 4.89. The van der Waals surface area contributed by atoms with Crippen molar-refractivity contribution < 1.29 is 10.6 Å². The highest BCUT2D eigenvalue weighted by atomic mass is 16.5. The molecule has 1 aromatic heterocycles. The van der Waals surface area contributed by atoms with Crippen molar-refractivity contribution in [1.82, 2.24) is 4.98 Å². The molecular formula is C11H17NO3. The Hall–Kier alpha value is -1.71. The van der Waals surface area contributed by atoms with E-state index in [9.17, 15) is 4.79 Å². The summed E-state index contributed by atoms with van der Waals surface area (Å²) in [5, 5.41) is 0. The van der Waals surface area contributed by atoms with Crippen molar-refractivity contribution in [2.45, 2.75) is 20.8 Å². The number of aromatic amines is 1. The number of rotatable bonds is 1. The van der Waals surface area contributed by atoms with E-state index in [1.165, 1.54) is 0 Å². The predicted molar refractivity (Wildman–Crippen MR) is 61.6 cm³/mol. The maximum Gasteiger partial charge on any atom is 0.417 e. The Kier molecular flexibility index (Phi) is 3.55. The van der Waals surface area contributed by atoms with Crippen LogP contribution in [0.1, 0.15) is 20.8 Å². The Morgan fingerprint density at radius 3 is 2.67 bits per heavy atom. The first kappa shape index (κ1) is 11.4. The van der Waals surface area contributed by atoms with Gasteiger partial charge in [0.2, 0.25) is 0 Å². The summed E-state index contributed by atoms with van der Waals surface area (Å²) in [5.74, 6) is 0.148. The Balaban J connectivity index is 0.000000711. The van der Waals surface area contributed by atoms with Crippen molar-refractivity contribution in [1.29, 1.82) is 0 Å². The number of ether oxygens (including phenoxy) is 1. The highest BCUT2D eigenvalue weighted by Crippen LogP contribution is 2.26. The quantitative estimate of drug-likeness (QED) is 0.789. The third-order valence-corrected chi connectivity index (χ3v) is 1.94. The number of H-pyrrole nitrogens is 1. The topological polar surface area (TPSA) is 55.2 Å². The lowest BCUT2D eigenvalue weighted by atomic mass is 10.2. The van der Waals surface area contributed by atoms with Gasteiger partial charge in [-0.1, -0.05) is 19.9 Å². The normalized spacial score (nSPS) is 9.60. The van der Waals surface area contributed by atoms with Gasteiger partial charge in [-0.2, -0.15) is 0 Å². The molecule has 0 fully saturated rings. The molecular weight excluding hydrogens is 194 g/mol. The van der Waals surface area contributed by atoms with Crippen LogP contribution in [0, 0.1) is 6.92 Å². The van der Waals surface area contributed by atoms with Gasteiger partial charge in [0, 0.05) is 1.43 Å². The van der Waals surface area contributed by atoms with Crippen molar-refractivity contribution in [3.8, 4) is 5.75 Å². The molecule has 0 radical (unpaired) electrons. The van der Waals surface area contributed by atoms with Gasteiger partial charge in [-0.05, 0) is 18.6 Å². The van der Waals surface area contributed by atoms with Gasteiger partial charge in [-0.3, -0.25) is 4.98 Å². The van der Waals surface area contributed by atoms with Crippen LogP contribution in [0.25, 0.3) is 11.1 Å².